The highest BCUT2D eigenvalue weighted by Crippen LogP contribution is 2.23. The molecule has 1 N–H and O–H groups in total. The molecule has 2 aliphatic rings. The van der Waals surface area contributed by atoms with Gasteiger partial charge in [-0.1, -0.05) is 24.3 Å². The summed E-state index contributed by atoms with van der Waals surface area (Å²) in [5.41, 5.74) is 4.08. The van der Waals surface area contributed by atoms with E-state index >= 15 is 0 Å². The second-order valence-electron chi connectivity index (χ2n) is 8.44. The Bertz CT molecular complexity index is 912. The SMILES string of the molecule is CCOC(=O)c1ccc(NC(=O)N2CCC[C@H](CN3CCc4ccccc4C3)C2)cc1. The number of anilines is 1. The Hall–Kier alpha value is -2.86. The van der Waals surface area contributed by atoms with Gasteiger partial charge in [-0.3, -0.25) is 4.90 Å². The van der Waals surface area contributed by atoms with E-state index in [0.29, 0.717) is 23.8 Å². The summed E-state index contributed by atoms with van der Waals surface area (Å²) in [6.45, 7) is 6.82. The Morgan fingerprint density at radius 2 is 1.84 bits per heavy atom. The minimum Gasteiger partial charge on any atom is -0.462 e. The molecular formula is C25H31N3O3. The van der Waals surface area contributed by atoms with Crippen LogP contribution in [0.15, 0.2) is 48.5 Å². The minimum atomic E-state index is -0.348. The van der Waals surface area contributed by atoms with Crippen LogP contribution in [0.3, 0.4) is 0 Å². The van der Waals surface area contributed by atoms with E-state index in [-0.39, 0.29) is 12.0 Å². The summed E-state index contributed by atoms with van der Waals surface area (Å²) < 4.78 is 5.00. The molecule has 1 saturated heterocycles. The van der Waals surface area contributed by atoms with Crippen LogP contribution < -0.4 is 5.32 Å². The molecule has 0 aromatic heterocycles. The average Bonchev–Trinajstić information content (AvgIpc) is 2.80. The Morgan fingerprint density at radius 1 is 1.06 bits per heavy atom. The second-order valence-corrected chi connectivity index (χ2v) is 8.44. The molecule has 0 aliphatic carbocycles. The molecule has 6 heteroatoms. The number of nitrogens with zero attached hydrogens (tertiary/aromatic N) is 2. The van der Waals surface area contributed by atoms with Crippen molar-refractivity contribution in [2.45, 2.75) is 32.7 Å². The Kier molecular flexibility index (Phi) is 6.87. The number of ether oxygens (including phenoxy) is 1. The number of piperidine rings is 1. The zero-order valence-electron chi connectivity index (χ0n) is 18.2. The predicted molar refractivity (Wildman–Crippen MR) is 121 cm³/mol. The van der Waals surface area contributed by atoms with E-state index in [0.717, 1.165) is 52.0 Å². The molecule has 164 valence electrons. The maximum Gasteiger partial charge on any atom is 0.338 e. The third-order valence-corrected chi connectivity index (χ3v) is 6.18. The normalized spacial score (nSPS) is 18.9. The topological polar surface area (TPSA) is 61.9 Å². The van der Waals surface area contributed by atoms with Crippen molar-refractivity contribution >= 4 is 17.7 Å². The van der Waals surface area contributed by atoms with E-state index in [4.69, 9.17) is 4.74 Å². The standard InChI is InChI=1S/C25H31N3O3/c1-2-31-24(29)21-9-11-23(12-10-21)26-25(30)28-14-5-6-19(17-28)16-27-15-13-20-7-3-4-8-22(20)18-27/h3-4,7-12,19H,2,5-6,13-18H2,1H3,(H,26,30)/t19-/m1/s1. The van der Waals surface area contributed by atoms with Crippen molar-refractivity contribution in [2.75, 3.05) is 38.1 Å². The van der Waals surface area contributed by atoms with Crippen LogP contribution in [-0.2, 0) is 17.7 Å². The Labute approximate surface area is 184 Å². The Balaban J connectivity index is 1.29. The van der Waals surface area contributed by atoms with E-state index in [1.807, 2.05) is 4.90 Å². The quantitative estimate of drug-likeness (QED) is 0.737. The fourth-order valence-electron chi connectivity index (χ4n) is 4.58. The molecule has 1 fully saturated rings. The number of likely N-dealkylation sites (tertiary alicyclic amines) is 1. The van der Waals surface area contributed by atoms with Gasteiger partial charge < -0.3 is 15.0 Å². The number of rotatable bonds is 5. The highest BCUT2D eigenvalue weighted by molar-refractivity contribution is 5.92. The van der Waals surface area contributed by atoms with Gasteiger partial charge in [-0.2, -0.15) is 0 Å². The number of hydrogen-bond donors (Lipinski definition) is 1. The van der Waals surface area contributed by atoms with Crippen LogP contribution in [-0.4, -0.2) is 54.6 Å². The van der Waals surface area contributed by atoms with Crippen molar-refractivity contribution in [1.82, 2.24) is 9.80 Å². The highest BCUT2D eigenvalue weighted by Gasteiger charge is 2.26. The summed E-state index contributed by atoms with van der Waals surface area (Å²) in [6, 6.07) is 15.5. The zero-order chi connectivity index (χ0) is 21.6. The minimum absolute atomic E-state index is 0.0717. The molecule has 0 saturated carbocycles. The van der Waals surface area contributed by atoms with E-state index in [2.05, 4.69) is 34.5 Å². The molecule has 6 nitrogen and oxygen atoms in total. The lowest BCUT2D eigenvalue weighted by atomic mass is 9.95. The molecule has 0 unspecified atom stereocenters. The van der Waals surface area contributed by atoms with Crippen molar-refractivity contribution in [3.63, 3.8) is 0 Å². The summed E-state index contributed by atoms with van der Waals surface area (Å²) in [4.78, 5) is 29.0. The van der Waals surface area contributed by atoms with Crippen molar-refractivity contribution in [3.05, 3.63) is 65.2 Å². The van der Waals surface area contributed by atoms with Gasteiger partial charge in [0.05, 0.1) is 12.2 Å². The molecular weight excluding hydrogens is 390 g/mol. The van der Waals surface area contributed by atoms with Gasteiger partial charge in [0.2, 0.25) is 0 Å². The summed E-state index contributed by atoms with van der Waals surface area (Å²) in [5.74, 6) is 0.149. The lowest BCUT2D eigenvalue weighted by Crippen LogP contribution is -2.46. The van der Waals surface area contributed by atoms with Crippen LogP contribution >= 0.6 is 0 Å². The third-order valence-electron chi connectivity index (χ3n) is 6.18. The van der Waals surface area contributed by atoms with Gasteiger partial charge in [0.15, 0.2) is 0 Å². The van der Waals surface area contributed by atoms with E-state index < -0.39 is 0 Å². The summed E-state index contributed by atoms with van der Waals surface area (Å²) in [7, 11) is 0. The molecule has 31 heavy (non-hydrogen) atoms. The number of urea groups is 1. The second kappa shape index (κ2) is 9.96. The van der Waals surface area contributed by atoms with Crippen LogP contribution in [0, 0.1) is 5.92 Å². The molecule has 0 spiro atoms. The van der Waals surface area contributed by atoms with E-state index in [9.17, 15) is 9.59 Å². The Morgan fingerprint density at radius 3 is 2.61 bits per heavy atom. The number of fused-ring (bicyclic) bond motifs is 1. The van der Waals surface area contributed by atoms with Crippen LogP contribution in [0.5, 0.6) is 0 Å². The smallest absolute Gasteiger partial charge is 0.338 e. The number of amides is 2. The monoisotopic (exact) mass is 421 g/mol. The molecule has 2 aromatic carbocycles. The van der Waals surface area contributed by atoms with Crippen molar-refractivity contribution in [2.24, 2.45) is 5.92 Å². The molecule has 2 aromatic rings. The maximum atomic E-state index is 12.8. The number of carbonyl (C=O) groups excluding carboxylic acids is 2. The number of esters is 1. The van der Waals surface area contributed by atoms with Gasteiger partial charge in [0.1, 0.15) is 0 Å². The fraction of sp³-hybridized carbons (Fsp3) is 0.440. The lowest BCUT2D eigenvalue weighted by Gasteiger charge is -2.37. The van der Waals surface area contributed by atoms with Gasteiger partial charge in [-0.25, -0.2) is 9.59 Å². The molecule has 1 atom stereocenters. The molecule has 2 amide bonds. The number of benzene rings is 2. The number of hydrogen-bond acceptors (Lipinski definition) is 4. The van der Waals surface area contributed by atoms with Crippen molar-refractivity contribution < 1.29 is 14.3 Å². The maximum absolute atomic E-state index is 12.8. The van der Waals surface area contributed by atoms with Crippen LogP contribution in [0.25, 0.3) is 0 Å². The molecule has 4 rings (SSSR count). The lowest BCUT2D eigenvalue weighted by molar-refractivity contribution is 0.0526. The van der Waals surface area contributed by atoms with E-state index in [1.54, 1.807) is 31.2 Å². The first-order valence-corrected chi connectivity index (χ1v) is 11.2. The van der Waals surface area contributed by atoms with Gasteiger partial charge in [-0.05, 0) is 67.5 Å². The number of nitrogens with one attached hydrogen (secondary N) is 1. The molecule has 2 aliphatic heterocycles. The van der Waals surface area contributed by atoms with Crippen LogP contribution in [0.2, 0.25) is 0 Å². The first-order valence-electron chi connectivity index (χ1n) is 11.2. The first-order chi connectivity index (χ1) is 15.1. The molecule has 0 radical (unpaired) electrons. The fourth-order valence-corrected chi connectivity index (χ4v) is 4.58. The van der Waals surface area contributed by atoms with Crippen LogP contribution in [0.1, 0.15) is 41.3 Å². The summed E-state index contributed by atoms with van der Waals surface area (Å²) in [5, 5.41) is 2.97. The largest absolute Gasteiger partial charge is 0.462 e. The van der Waals surface area contributed by atoms with Gasteiger partial charge in [0, 0.05) is 38.4 Å². The van der Waals surface area contributed by atoms with Crippen LogP contribution in [0.4, 0.5) is 10.5 Å². The molecule has 2 heterocycles. The van der Waals surface area contributed by atoms with Gasteiger partial charge in [0.25, 0.3) is 0 Å². The zero-order valence-corrected chi connectivity index (χ0v) is 18.2. The summed E-state index contributed by atoms with van der Waals surface area (Å²) in [6.07, 6.45) is 3.30. The third kappa shape index (κ3) is 5.44. The summed E-state index contributed by atoms with van der Waals surface area (Å²) >= 11 is 0. The average molecular weight is 422 g/mol. The molecule has 0 bridgehead atoms. The van der Waals surface area contributed by atoms with Crippen molar-refractivity contribution in [3.8, 4) is 0 Å². The first kappa shape index (κ1) is 21.4. The highest BCUT2D eigenvalue weighted by atomic mass is 16.5. The predicted octanol–water partition coefficient (Wildman–Crippen LogP) is 4.17. The van der Waals surface area contributed by atoms with Crippen molar-refractivity contribution in [1.29, 1.82) is 0 Å². The van der Waals surface area contributed by atoms with E-state index in [1.165, 1.54) is 11.1 Å². The van der Waals surface area contributed by atoms with Gasteiger partial charge >= 0.3 is 12.0 Å². The number of carbonyl (C=O) groups is 2. The van der Waals surface area contributed by atoms with Gasteiger partial charge in [-0.15, -0.1) is 0 Å².